The van der Waals surface area contributed by atoms with Gasteiger partial charge in [0.1, 0.15) is 16.3 Å². The summed E-state index contributed by atoms with van der Waals surface area (Å²) in [6.45, 7) is 0.871. The molecule has 19 heavy (non-hydrogen) atoms. The van der Waals surface area contributed by atoms with E-state index in [9.17, 15) is 0 Å². The van der Waals surface area contributed by atoms with Crippen molar-refractivity contribution < 1.29 is 4.42 Å². The number of hydrogen-bond acceptors (Lipinski definition) is 4. The molecule has 1 aliphatic rings. The first-order chi connectivity index (χ1) is 9.38. The van der Waals surface area contributed by atoms with Crippen molar-refractivity contribution in [2.24, 2.45) is 0 Å². The number of fused-ring (bicyclic) bond motifs is 1. The van der Waals surface area contributed by atoms with Crippen LogP contribution in [0.1, 0.15) is 17.8 Å². The van der Waals surface area contributed by atoms with Crippen LogP contribution in [0.3, 0.4) is 0 Å². The lowest BCUT2D eigenvalue weighted by Crippen LogP contribution is -2.14. The molecule has 2 aromatic heterocycles. The van der Waals surface area contributed by atoms with Gasteiger partial charge < -0.3 is 9.73 Å². The lowest BCUT2D eigenvalue weighted by molar-refractivity contribution is 0.628. The zero-order valence-corrected chi connectivity index (χ0v) is 11.2. The maximum absolute atomic E-state index is 5.83. The Balaban J connectivity index is 1.60. The summed E-state index contributed by atoms with van der Waals surface area (Å²) in [5.41, 5.74) is 1.86. The molecule has 0 aliphatic heterocycles. The SMILES string of the molecule is c1ccc2oc(-c3csc(CNC4CC4)n3)cc2c1. The molecule has 1 aliphatic carbocycles. The van der Waals surface area contributed by atoms with Crippen molar-refractivity contribution in [3.05, 3.63) is 40.7 Å². The van der Waals surface area contributed by atoms with E-state index in [1.807, 2.05) is 18.2 Å². The molecule has 4 rings (SSSR count). The van der Waals surface area contributed by atoms with Gasteiger partial charge in [-0.15, -0.1) is 11.3 Å². The van der Waals surface area contributed by atoms with Crippen molar-refractivity contribution in [1.82, 2.24) is 10.3 Å². The fourth-order valence-corrected chi connectivity index (χ4v) is 2.87. The molecule has 1 N–H and O–H groups in total. The van der Waals surface area contributed by atoms with Crippen LogP contribution in [0.25, 0.3) is 22.4 Å². The van der Waals surface area contributed by atoms with E-state index < -0.39 is 0 Å². The monoisotopic (exact) mass is 270 g/mol. The average molecular weight is 270 g/mol. The van der Waals surface area contributed by atoms with Crippen LogP contribution in [0, 0.1) is 0 Å². The number of hydrogen-bond donors (Lipinski definition) is 1. The molecule has 1 saturated carbocycles. The van der Waals surface area contributed by atoms with Gasteiger partial charge >= 0.3 is 0 Å². The fraction of sp³-hybridized carbons (Fsp3) is 0.267. The lowest BCUT2D eigenvalue weighted by atomic mass is 10.2. The van der Waals surface area contributed by atoms with Crippen LogP contribution in [-0.2, 0) is 6.54 Å². The Bertz CT molecular complexity index is 679. The van der Waals surface area contributed by atoms with Crippen molar-refractivity contribution in [2.45, 2.75) is 25.4 Å². The molecular weight excluding hydrogens is 256 g/mol. The first-order valence-corrected chi connectivity index (χ1v) is 7.43. The number of thiazole rings is 1. The third kappa shape index (κ3) is 2.29. The van der Waals surface area contributed by atoms with Crippen molar-refractivity contribution in [3.63, 3.8) is 0 Å². The number of aromatic nitrogens is 1. The van der Waals surface area contributed by atoms with Crippen LogP contribution in [0.5, 0.6) is 0 Å². The first-order valence-electron chi connectivity index (χ1n) is 6.55. The van der Waals surface area contributed by atoms with E-state index in [0.717, 1.165) is 40.0 Å². The van der Waals surface area contributed by atoms with Gasteiger partial charge in [-0.25, -0.2) is 4.98 Å². The summed E-state index contributed by atoms with van der Waals surface area (Å²) in [5.74, 6) is 0.857. The van der Waals surface area contributed by atoms with Gasteiger partial charge in [-0.2, -0.15) is 0 Å². The molecule has 3 aromatic rings. The molecule has 0 spiro atoms. The molecule has 1 aromatic carbocycles. The van der Waals surface area contributed by atoms with E-state index >= 15 is 0 Å². The number of para-hydroxylation sites is 1. The highest BCUT2D eigenvalue weighted by molar-refractivity contribution is 7.09. The van der Waals surface area contributed by atoms with Crippen LogP contribution in [0.4, 0.5) is 0 Å². The second-order valence-corrected chi connectivity index (χ2v) is 5.87. The summed E-state index contributed by atoms with van der Waals surface area (Å²) in [6.07, 6.45) is 2.61. The highest BCUT2D eigenvalue weighted by atomic mass is 32.1. The molecule has 0 atom stereocenters. The topological polar surface area (TPSA) is 38.1 Å². The second kappa shape index (κ2) is 4.47. The number of nitrogens with one attached hydrogen (secondary N) is 1. The Morgan fingerprint density at radius 2 is 2.21 bits per heavy atom. The minimum Gasteiger partial charge on any atom is -0.454 e. The molecule has 4 heteroatoms. The molecule has 3 nitrogen and oxygen atoms in total. The maximum Gasteiger partial charge on any atom is 0.154 e. The Morgan fingerprint density at radius 1 is 1.32 bits per heavy atom. The summed E-state index contributed by atoms with van der Waals surface area (Å²) in [5, 5.41) is 7.81. The zero-order valence-electron chi connectivity index (χ0n) is 10.4. The van der Waals surface area contributed by atoms with Gasteiger partial charge in [-0.05, 0) is 25.0 Å². The minimum absolute atomic E-state index is 0.721. The van der Waals surface area contributed by atoms with Gasteiger partial charge in [0, 0.05) is 23.4 Å². The largest absolute Gasteiger partial charge is 0.454 e. The average Bonchev–Trinajstić information content (AvgIpc) is 2.99. The van der Waals surface area contributed by atoms with Crippen molar-refractivity contribution in [1.29, 1.82) is 0 Å². The van der Waals surface area contributed by atoms with Crippen LogP contribution >= 0.6 is 11.3 Å². The van der Waals surface area contributed by atoms with E-state index in [2.05, 4.69) is 27.8 Å². The normalized spacial score (nSPS) is 15.2. The molecule has 96 valence electrons. The van der Waals surface area contributed by atoms with Gasteiger partial charge in [0.05, 0.1) is 0 Å². The van der Waals surface area contributed by atoms with Gasteiger partial charge in [-0.1, -0.05) is 18.2 Å². The van der Waals surface area contributed by atoms with Crippen molar-refractivity contribution >= 4 is 22.3 Å². The van der Waals surface area contributed by atoms with Crippen LogP contribution in [0.15, 0.2) is 40.1 Å². The fourth-order valence-electron chi connectivity index (χ4n) is 2.13. The Hall–Kier alpha value is -1.65. The number of benzene rings is 1. The summed E-state index contributed by atoms with van der Waals surface area (Å²) in [6, 6.07) is 10.8. The second-order valence-electron chi connectivity index (χ2n) is 4.93. The maximum atomic E-state index is 5.83. The standard InChI is InChI=1S/C15H14N2OS/c1-2-4-13-10(3-1)7-14(18-13)12-9-19-15(17-12)8-16-11-5-6-11/h1-4,7,9,11,16H,5-6,8H2. The lowest BCUT2D eigenvalue weighted by Gasteiger charge is -1.96. The van der Waals surface area contributed by atoms with E-state index in [0.29, 0.717) is 0 Å². The highest BCUT2D eigenvalue weighted by Gasteiger charge is 2.20. The Kier molecular flexibility index (Phi) is 2.64. The first kappa shape index (κ1) is 11.2. The van der Waals surface area contributed by atoms with E-state index in [1.165, 1.54) is 12.8 Å². The van der Waals surface area contributed by atoms with E-state index in [4.69, 9.17) is 4.42 Å². The molecule has 0 amide bonds. The Morgan fingerprint density at radius 3 is 3.05 bits per heavy atom. The van der Waals surface area contributed by atoms with Gasteiger partial charge in [0.2, 0.25) is 0 Å². The van der Waals surface area contributed by atoms with Crippen molar-refractivity contribution in [3.8, 4) is 11.5 Å². The van der Waals surface area contributed by atoms with Gasteiger partial charge in [0.15, 0.2) is 5.76 Å². The smallest absolute Gasteiger partial charge is 0.154 e. The van der Waals surface area contributed by atoms with Crippen molar-refractivity contribution in [2.75, 3.05) is 0 Å². The van der Waals surface area contributed by atoms with Crippen LogP contribution in [0.2, 0.25) is 0 Å². The predicted molar refractivity (Wildman–Crippen MR) is 77.2 cm³/mol. The predicted octanol–water partition coefficient (Wildman–Crippen LogP) is 3.81. The zero-order chi connectivity index (χ0) is 12.7. The third-order valence-electron chi connectivity index (χ3n) is 3.35. The Labute approximate surface area is 115 Å². The van der Waals surface area contributed by atoms with E-state index in [1.54, 1.807) is 11.3 Å². The molecule has 0 bridgehead atoms. The molecule has 0 unspecified atom stereocenters. The van der Waals surface area contributed by atoms with Gasteiger partial charge in [0.25, 0.3) is 0 Å². The summed E-state index contributed by atoms with van der Waals surface area (Å²) in [7, 11) is 0. The number of rotatable bonds is 4. The van der Waals surface area contributed by atoms with Crippen LogP contribution in [-0.4, -0.2) is 11.0 Å². The molecule has 0 radical (unpaired) electrons. The van der Waals surface area contributed by atoms with Gasteiger partial charge in [-0.3, -0.25) is 0 Å². The van der Waals surface area contributed by atoms with Crippen LogP contribution < -0.4 is 5.32 Å². The third-order valence-corrected chi connectivity index (χ3v) is 4.20. The molecule has 0 saturated heterocycles. The number of furan rings is 1. The summed E-state index contributed by atoms with van der Waals surface area (Å²) < 4.78 is 5.83. The van der Waals surface area contributed by atoms with E-state index in [-0.39, 0.29) is 0 Å². The number of nitrogens with zero attached hydrogens (tertiary/aromatic N) is 1. The molecular formula is C15H14N2OS. The molecule has 2 heterocycles. The summed E-state index contributed by atoms with van der Waals surface area (Å²) >= 11 is 1.69. The highest BCUT2D eigenvalue weighted by Crippen LogP contribution is 2.29. The quantitative estimate of drug-likeness (QED) is 0.783. The minimum atomic E-state index is 0.721. The molecule has 1 fully saturated rings. The summed E-state index contributed by atoms with van der Waals surface area (Å²) in [4.78, 5) is 4.64.